The molecule has 108 valence electrons. The van der Waals surface area contributed by atoms with Gasteiger partial charge >= 0.3 is 6.03 Å². The van der Waals surface area contributed by atoms with Crippen molar-refractivity contribution in [2.45, 2.75) is 19.6 Å². The topological polar surface area (TPSA) is 81.1 Å². The summed E-state index contributed by atoms with van der Waals surface area (Å²) in [4.78, 5) is 19.8. The lowest BCUT2D eigenvalue weighted by Crippen LogP contribution is -2.30. The van der Waals surface area contributed by atoms with Crippen molar-refractivity contribution in [3.8, 4) is 0 Å². The molecule has 0 aliphatic carbocycles. The van der Waals surface area contributed by atoms with Crippen LogP contribution in [0.3, 0.4) is 0 Å². The van der Waals surface area contributed by atoms with Gasteiger partial charge in [0, 0.05) is 38.0 Å². The highest BCUT2D eigenvalue weighted by molar-refractivity contribution is 7.13. The number of carbonyl (C=O) groups is 1. The normalized spacial score (nSPS) is 10.4. The molecule has 0 bridgehead atoms. The van der Waals surface area contributed by atoms with E-state index in [1.807, 2.05) is 16.1 Å². The van der Waals surface area contributed by atoms with E-state index in [1.165, 1.54) is 11.3 Å². The average Bonchev–Trinajstić information content (AvgIpc) is 3.07. The fraction of sp³-hybridized carbons (Fsp3) is 0.417. The summed E-state index contributed by atoms with van der Waals surface area (Å²) >= 11 is 1.38. The number of hydrogen-bond donors (Lipinski definition) is 2. The summed E-state index contributed by atoms with van der Waals surface area (Å²) < 4.78 is 6.94. The average molecular weight is 295 g/mol. The molecule has 2 aromatic heterocycles. The van der Waals surface area contributed by atoms with Crippen LogP contribution >= 0.6 is 11.3 Å². The van der Waals surface area contributed by atoms with Gasteiger partial charge in [0.2, 0.25) is 0 Å². The van der Waals surface area contributed by atoms with Gasteiger partial charge in [-0.2, -0.15) is 0 Å². The summed E-state index contributed by atoms with van der Waals surface area (Å²) in [6, 6.07) is -0.242. The van der Waals surface area contributed by atoms with Crippen LogP contribution in [0.15, 0.2) is 24.1 Å². The minimum Gasteiger partial charge on any atom is -0.378 e. The second-order valence-corrected chi connectivity index (χ2v) is 4.97. The lowest BCUT2D eigenvalue weighted by molar-refractivity contribution is 0.182. The molecule has 0 aliphatic rings. The zero-order valence-electron chi connectivity index (χ0n) is 11.2. The van der Waals surface area contributed by atoms with Crippen molar-refractivity contribution in [2.24, 2.45) is 0 Å². The first-order valence-corrected chi connectivity index (χ1v) is 7.10. The Bertz CT molecular complexity index is 526. The molecule has 0 aliphatic heterocycles. The van der Waals surface area contributed by atoms with E-state index in [0.29, 0.717) is 18.3 Å². The van der Waals surface area contributed by atoms with Crippen LogP contribution in [0.4, 0.5) is 9.93 Å². The van der Waals surface area contributed by atoms with Crippen LogP contribution in [0.5, 0.6) is 0 Å². The number of aromatic nitrogens is 3. The molecule has 8 heteroatoms. The molecule has 20 heavy (non-hydrogen) atoms. The van der Waals surface area contributed by atoms with Crippen molar-refractivity contribution < 1.29 is 9.53 Å². The third-order valence-corrected chi connectivity index (χ3v) is 3.31. The van der Waals surface area contributed by atoms with Crippen molar-refractivity contribution in [2.75, 3.05) is 19.0 Å². The molecule has 7 nitrogen and oxygen atoms in total. The van der Waals surface area contributed by atoms with Gasteiger partial charge < -0.3 is 14.6 Å². The summed E-state index contributed by atoms with van der Waals surface area (Å²) in [6.07, 6.45) is 6.23. The van der Waals surface area contributed by atoms with Gasteiger partial charge in [-0.25, -0.2) is 14.8 Å². The number of amides is 2. The van der Waals surface area contributed by atoms with Crippen LogP contribution in [-0.2, 0) is 17.9 Å². The lowest BCUT2D eigenvalue weighted by atomic mass is 10.4. The standard InChI is InChI=1S/C12H17N5O2S/c1-19-7-10-8-20-12(15-10)16-11(18)14-3-2-5-17-6-4-13-9-17/h4,6,8-9H,2-3,5,7H2,1H3,(H2,14,15,16,18). The quantitative estimate of drug-likeness (QED) is 0.762. The molecule has 2 N–H and O–H groups in total. The molecule has 0 radical (unpaired) electrons. The van der Waals surface area contributed by atoms with E-state index >= 15 is 0 Å². The molecule has 0 atom stereocenters. The first-order chi connectivity index (χ1) is 9.78. The van der Waals surface area contributed by atoms with Crippen molar-refractivity contribution in [3.05, 3.63) is 29.8 Å². The third kappa shape index (κ3) is 4.63. The SMILES string of the molecule is COCc1csc(NC(=O)NCCCn2ccnc2)n1. The number of anilines is 1. The Kier molecular flexibility index (Phi) is 5.51. The lowest BCUT2D eigenvalue weighted by Gasteiger charge is -2.05. The molecule has 0 unspecified atom stereocenters. The third-order valence-electron chi connectivity index (χ3n) is 2.50. The Morgan fingerprint density at radius 2 is 2.45 bits per heavy atom. The van der Waals surface area contributed by atoms with E-state index in [2.05, 4.69) is 20.6 Å². The van der Waals surface area contributed by atoms with Crippen molar-refractivity contribution in [3.63, 3.8) is 0 Å². The molecular formula is C12H17N5O2S. The van der Waals surface area contributed by atoms with Crippen LogP contribution < -0.4 is 10.6 Å². The number of nitrogens with zero attached hydrogens (tertiary/aromatic N) is 3. The van der Waals surface area contributed by atoms with E-state index in [-0.39, 0.29) is 6.03 Å². The fourth-order valence-corrected chi connectivity index (χ4v) is 2.29. The van der Waals surface area contributed by atoms with E-state index in [4.69, 9.17) is 4.74 Å². The Morgan fingerprint density at radius 1 is 1.55 bits per heavy atom. The van der Waals surface area contributed by atoms with Crippen molar-refractivity contribution in [1.82, 2.24) is 19.9 Å². The van der Waals surface area contributed by atoms with Gasteiger partial charge in [-0.1, -0.05) is 0 Å². The highest BCUT2D eigenvalue weighted by atomic mass is 32.1. The Morgan fingerprint density at radius 3 is 3.20 bits per heavy atom. The van der Waals surface area contributed by atoms with Crippen molar-refractivity contribution in [1.29, 1.82) is 0 Å². The predicted octanol–water partition coefficient (Wildman–Crippen LogP) is 1.70. The summed E-state index contributed by atoms with van der Waals surface area (Å²) in [5.41, 5.74) is 0.813. The maximum absolute atomic E-state index is 11.6. The number of hydrogen-bond acceptors (Lipinski definition) is 5. The molecule has 0 saturated heterocycles. The second kappa shape index (κ2) is 7.61. The van der Waals surface area contributed by atoms with Gasteiger partial charge in [0.25, 0.3) is 0 Å². The maximum atomic E-state index is 11.6. The molecule has 2 heterocycles. The van der Waals surface area contributed by atoms with Crippen LogP contribution in [0.2, 0.25) is 0 Å². The summed E-state index contributed by atoms with van der Waals surface area (Å²) in [5.74, 6) is 0. The summed E-state index contributed by atoms with van der Waals surface area (Å²) in [5, 5.41) is 7.92. The van der Waals surface area contributed by atoms with Crippen LogP contribution in [-0.4, -0.2) is 34.2 Å². The predicted molar refractivity (Wildman–Crippen MR) is 76.7 cm³/mol. The number of carbonyl (C=O) groups excluding carboxylic acids is 1. The molecule has 0 saturated carbocycles. The minimum absolute atomic E-state index is 0.242. The minimum atomic E-state index is -0.242. The van der Waals surface area contributed by atoms with Gasteiger partial charge in [-0.15, -0.1) is 11.3 Å². The monoisotopic (exact) mass is 295 g/mol. The number of ether oxygens (including phenoxy) is 1. The Balaban J connectivity index is 1.64. The second-order valence-electron chi connectivity index (χ2n) is 4.11. The van der Waals surface area contributed by atoms with Crippen molar-refractivity contribution >= 4 is 22.5 Å². The smallest absolute Gasteiger partial charge is 0.321 e. The van der Waals surface area contributed by atoms with Gasteiger partial charge in [0.15, 0.2) is 5.13 Å². The first kappa shape index (κ1) is 14.5. The number of thiazole rings is 1. The summed E-state index contributed by atoms with van der Waals surface area (Å²) in [7, 11) is 1.61. The van der Waals surface area contributed by atoms with E-state index in [9.17, 15) is 4.79 Å². The Labute approximate surface area is 121 Å². The highest BCUT2D eigenvalue weighted by Gasteiger charge is 2.05. The van der Waals surface area contributed by atoms with Crippen LogP contribution in [0.25, 0.3) is 0 Å². The zero-order chi connectivity index (χ0) is 14.2. The van der Waals surface area contributed by atoms with E-state index in [0.717, 1.165) is 18.7 Å². The summed E-state index contributed by atoms with van der Waals surface area (Å²) in [6.45, 7) is 1.88. The molecule has 2 amide bonds. The molecule has 0 spiro atoms. The molecule has 2 aromatic rings. The first-order valence-electron chi connectivity index (χ1n) is 6.22. The number of methoxy groups -OCH3 is 1. The number of aryl methyl sites for hydroxylation is 1. The number of imidazole rings is 1. The molecule has 0 aromatic carbocycles. The van der Waals surface area contributed by atoms with Gasteiger partial charge in [-0.05, 0) is 6.42 Å². The van der Waals surface area contributed by atoms with Crippen LogP contribution in [0, 0.1) is 0 Å². The van der Waals surface area contributed by atoms with E-state index in [1.54, 1.807) is 19.6 Å². The molecule has 2 rings (SSSR count). The van der Waals surface area contributed by atoms with Gasteiger partial charge in [0.1, 0.15) is 0 Å². The Hall–Kier alpha value is -1.93. The highest BCUT2D eigenvalue weighted by Crippen LogP contribution is 2.15. The van der Waals surface area contributed by atoms with E-state index < -0.39 is 0 Å². The maximum Gasteiger partial charge on any atom is 0.321 e. The number of nitrogens with one attached hydrogen (secondary N) is 2. The van der Waals surface area contributed by atoms with Gasteiger partial charge in [-0.3, -0.25) is 5.32 Å². The zero-order valence-corrected chi connectivity index (χ0v) is 12.0. The fourth-order valence-electron chi connectivity index (χ4n) is 1.60. The van der Waals surface area contributed by atoms with Crippen LogP contribution in [0.1, 0.15) is 12.1 Å². The number of rotatable bonds is 7. The molecular weight excluding hydrogens is 278 g/mol. The largest absolute Gasteiger partial charge is 0.378 e. The van der Waals surface area contributed by atoms with Gasteiger partial charge in [0.05, 0.1) is 18.6 Å². The number of urea groups is 1. The molecule has 0 fully saturated rings.